The Kier molecular flexibility index (Phi) is 8.46. The lowest BCUT2D eigenvalue weighted by atomic mass is 10.0. The van der Waals surface area contributed by atoms with E-state index < -0.39 is 17.8 Å². The summed E-state index contributed by atoms with van der Waals surface area (Å²) in [6, 6.07) is 9.67. The molecule has 8 nitrogen and oxygen atoms in total. The summed E-state index contributed by atoms with van der Waals surface area (Å²) in [6.45, 7) is 6.24. The Labute approximate surface area is 214 Å². The van der Waals surface area contributed by atoms with Crippen molar-refractivity contribution in [2.75, 3.05) is 32.8 Å². The first kappa shape index (κ1) is 26.3. The molecule has 3 aromatic rings. The predicted octanol–water partition coefficient (Wildman–Crippen LogP) is 3.65. The zero-order valence-corrected chi connectivity index (χ0v) is 21.2. The van der Waals surface area contributed by atoms with E-state index in [1.807, 2.05) is 26.0 Å². The number of aromatic nitrogens is 2. The molecule has 1 unspecified atom stereocenters. The molecule has 4 rings (SSSR count). The number of nitrogens with one attached hydrogen (secondary N) is 2. The van der Waals surface area contributed by atoms with Gasteiger partial charge >= 0.3 is 5.69 Å². The van der Waals surface area contributed by atoms with Crippen molar-refractivity contribution in [2.24, 2.45) is 0 Å². The summed E-state index contributed by atoms with van der Waals surface area (Å²) in [7, 11) is 0. The van der Waals surface area contributed by atoms with E-state index in [4.69, 9.17) is 16.3 Å². The Hall–Kier alpha value is -2.72. The van der Waals surface area contributed by atoms with Gasteiger partial charge in [-0.1, -0.05) is 23.7 Å². The lowest BCUT2D eigenvalue weighted by molar-refractivity contribution is 0.0745. The summed E-state index contributed by atoms with van der Waals surface area (Å²) < 4.78 is 21.9. The van der Waals surface area contributed by atoms with Gasteiger partial charge in [-0.05, 0) is 50.5 Å². The number of imidazole rings is 1. The summed E-state index contributed by atoms with van der Waals surface area (Å²) in [5, 5.41) is 13.8. The van der Waals surface area contributed by atoms with Crippen LogP contribution in [0.4, 0.5) is 4.39 Å². The maximum atomic E-state index is 14.9. The second-order valence-corrected chi connectivity index (χ2v) is 9.86. The monoisotopic (exact) mass is 518 g/mol. The maximum Gasteiger partial charge on any atom is 0.326 e. The van der Waals surface area contributed by atoms with Crippen LogP contribution in [0.5, 0.6) is 0 Å². The average Bonchev–Trinajstić information content (AvgIpc) is 3.16. The van der Waals surface area contributed by atoms with Crippen molar-refractivity contribution in [3.05, 3.63) is 68.8 Å². The Morgan fingerprint density at radius 2 is 1.94 bits per heavy atom. The molecule has 0 bridgehead atoms. The fourth-order valence-electron chi connectivity index (χ4n) is 4.63. The fourth-order valence-corrected chi connectivity index (χ4v) is 4.76. The molecule has 0 saturated carbocycles. The molecule has 0 spiro atoms. The zero-order valence-electron chi connectivity index (χ0n) is 20.5. The molecular weight excluding hydrogens is 487 g/mol. The number of amides is 1. The van der Waals surface area contributed by atoms with Crippen molar-refractivity contribution in [1.29, 1.82) is 0 Å². The molecule has 2 aromatic carbocycles. The van der Waals surface area contributed by atoms with E-state index in [1.54, 1.807) is 16.7 Å². The minimum atomic E-state index is -0.680. The molecule has 1 aliphatic heterocycles. The first-order valence-electron chi connectivity index (χ1n) is 12.2. The van der Waals surface area contributed by atoms with Crippen LogP contribution in [0.3, 0.4) is 0 Å². The highest BCUT2D eigenvalue weighted by molar-refractivity contribution is 6.30. The zero-order chi connectivity index (χ0) is 25.8. The molecule has 1 fully saturated rings. The molecule has 10 heteroatoms. The molecule has 36 heavy (non-hydrogen) atoms. The molecule has 1 saturated heterocycles. The van der Waals surface area contributed by atoms with Crippen LogP contribution < -0.4 is 11.0 Å². The third-order valence-electron chi connectivity index (χ3n) is 6.50. The van der Waals surface area contributed by atoms with Crippen LogP contribution in [0.25, 0.3) is 11.0 Å². The van der Waals surface area contributed by atoms with Gasteiger partial charge in [0.2, 0.25) is 0 Å². The third kappa shape index (κ3) is 6.15. The maximum absolute atomic E-state index is 14.9. The first-order chi connectivity index (χ1) is 17.2. The summed E-state index contributed by atoms with van der Waals surface area (Å²) in [6.07, 6.45) is 0.769. The number of likely N-dealkylation sites (tertiary alicyclic amines) is 1. The normalized spacial score (nSPS) is 16.1. The highest BCUT2D eigenvalue weighted by Gasteiger charge is 2.26. The summed E-state index contributed by atoms with van der Waals surface area (Å²) in [5.74, 6) is -1.23. The van der Waals surface area contributed by atoms with E-state index in [0.717, 1.165) is 5.56 Å². The number of carbonyl (C=O) groups is 1. The Balaban J connectivity index is 1.41. The minimum absolute atomic E-state index is 0.0419. The second-order valence-electron chi connectivity index (χ2n) is 9.42. The van der Waals surface area contributed by atoms with Gasteiger partial charge in [0, 0.05) is 43.3 Å². The molecule has 2 heterocycles. The smallest absolute Gasteiger partial charge is 0.326 e. The van der Waals surface area contributed by atoms with Gasteiger partial charge in [-0.25, -0.2) is 9.18 Å². The summed E-state index contributed by atoms with van der Waals surface area (Å²) in [4.78, 5) is 30.2. The van der Waals surface area contributed by atoms with Gasteiger partial charge in [-0.15, -0.1) is 0 Å². The predicted molar refractivity (Wildman–Crippen MR) is 137 cm³/mol. The number of aliphatic hydroxyl groups excluding tert-OH is 1. The molecule has 1 aromatic heterocycles. The molecular formula is C26H32ClFN4O4. The fraction of sp³-hybridized carbons (Fsp3) is 0.462. The number of aliphatic hydroxyl groups is 1. The van der Waals surface area contributed by atoms with Crippen LogP contribution in [0.1, 0.15) is 54.8 Å². The number of ether oxygens (including phenoxy) is 1. The molecule has 0 aliphatic carbocycles. The van der Waals surface area contributed by atoms with E-state index in [0.29, 0.717) is 55.1 Å². The first-order valence-corrected chi connectivity index (χ1v) is 12.6. The number of hydrogen-bond donors (Lipinski definition) is 3. The van der Waals surface area contributed by atoms with Crippen molar-refractivity contribution in [1.82, 2.24) is 19.8 Å². The highest BCUT2D eigenvalue weighted by atomic mass is 35.5. The van der Waals surface area contributed by atoms with Gasteiger partial charge in [0.05, 0.1) is 35.4 Å². The van der Waals surface area contributed by atoms with Crippen LogP contribution in [0.2, 0.25) is 5.02 Å². The Morgan fingerprint density at radius 1 is 1.25 bits per heavy atom. The number of benzene rings is 2. The van der Waals surface area contributed by atoms with Gasteiger partial charge in [0.15, 0.2) is 0 Å². The third-order valence-corrected chi connectivity index (χ3v) is 6.75. The molecule has 0 radical (unpaired) electrons. The lowest BCUT2D eigenvalue weighted by Crippen LogP contribution is -2.39. The summed E-state index contributed by atoms with van der Waals surface area (Å²) >= 11 is 5.93. The molecule has 1 amide bonds. The van der Waals surface area contributed by atoms with Crippen molar-refractivity contribution < 1.29 is 19.0 Å². The van der Waals surface area contributed by atoms with Crippen molar-refractivity contribution in [3.8, 4) is 0 Å². The number of aromatic amines is 1. The number of H-pyrrole nitrogens is 1. The van der Waals surface area contributed by atoms with E-state index in [1.165, 1.54) is 12.1 Å². The number of piperidine rings is 1. The quantitative estimate of drug-likeness (QED) is 0.375. The van der Waals surface area contributed by atoms with Crippen LogP contribution in [0.15, 0.2) is 41.2 Å². The van der Waals surface area contributed by atoms with Crippen molar-refractivity contribution in [2.45, 2.75) is 44.9 Å². The number of carbonyl (C=O) groups excluding carboxylic acids is 1. The molecule has 1 aliphatic rings. The number of hydrogen-bond acceptors (Lipinski definition) is 5. The number of fused-ring (bicyclic) bond motifs is 1. The molecule has 194 valence electrons. The van der Waals surface area contributed by atoms with Crippen LogP contribution >= 0.6 is 11.6 Å². The largest absolute Gasteiger partial charge is 0.387 e. The van der Waals surface area contributed by atoms with Crippen LogP contribution in [-0.4, -0.2) is 64.4 Å². The topological polar surface area (TPSA) is 99.6 Å². The van der Waals surface area contributed by atoms with E-state index in [2.05, 4.69) is 15.2 Å². The van der Waals surface area contributed by atoms with Gasteiger partial charge in [-0.3, -0.25) is 9.36 Å². The van der Waals surface area contributed by atoms with Gasteiger partial charge in [0.25, 0.3) is 5.91 Å². The SMILES string of the molecule is CC(C)OCCNC(=O)c1cc2[nH]c(=O)n(C3CCN(CC(O)c4ccc(Cl)cc4)CC3)c2cc1F. The second kappa shape index (κ2) is 11.6. The van der Waals surface area contributed by atoms with Gasteiger partial charge < -0.3 is 25.0 Å². The Morgan fingerprint density at radius 3 is 2.61 bits per heavy atom. The minimum Gasteiger partial charge on any atom is -0.387 e. The van der Waals surface area contributed by atoms with Gasteiger partial charge in [-0.2, -0.15) is 0 Å². The van der Waals surface area contributed by atoms with E-state index >= 15 is 0 Å². The van der Waals surface area contributed by atoms with Crippen LogP contribution in [-0.2, 0) is 4.74 Å². The lowest BCUT2D eigenvalue weighted by Gasteiger charge is -2.33. The Bertz CT molecular complexity index is 1250. The molecule has 3 N–H and O–H groups in total. The standard InChI is InChI=1S/C26H32ClFN4O4/c1-16(2)36-12-9-29-25(34)20-13-22-23(14-21(20)28)32(26(35)30-22)19-7-10-31(11-8-19)15-24(33)17-3-5-18(27)6-4-17/h3-6,13-14,16,19,24,33H,7-12,15H2,1-2H3,(H,29,34)(H,30,35). The summed E-state index contributed by atoms with van der Waals surface area (Å²) in [5.41, 5.74) is 1.22. The highest BCUT2D eigenvalue weighted by Crippen LogP contribution is 2.27. The van der Waals surface area contributed by atoms with Crippen LogP contribution in [0, 0.1) is 5.82 Å². The number of nitrogens with zero attached hydrogens (tertiary/aromatic N) is 2. The molecule has 1 atom stereocenters. The van der Waals surface area contributed by atoms with Gasteiger partial charge in [0.1, 0.15) is 5.82 Å². The number of rotatable bonds is 9. The van der Waals surface area contributed by atoms with Crippen molar-refractivity contribution in [3.63, 3.8) is 0 Å². The number of β-amino-alcohol motifs (C(OH)–C–C–N with tert-alkyl or cyclic N) is 1. The average molecular weight is 519 g/mol. The number of halogens is 2. The van der Waals surface area contributed by atoms with Crippen molar-refractivity contribution >= 4 is 28.5 Å². The van der Waals surface area contributed by atoms with E-state index in [-0.39, 0.29) is 29.9 Å². The van der Waals surface area contributed by atoms with E-state index in [9.17, 15) is 19.1 Å².